The molecule has 10 nitrogen and oxygen atoms in total. The van der Waals surface area contributed by atoms with E-state index in [1.165, 1.54) is 0 Å². The third-order valence-electron chi connectivity index (χ3n) is 3.67. The van der Waals surface area contributed by atoms with Gasteiger partial charge in [-0.15, -0.1) is 0 Å². The van der Waals surface area contributed by atoms with Gasteiger partial charge in [-0.05, 0) is 64.2 Å². The number of carboxylic acids is 5. The van der Waals surface area contributed by atoms with Crippen molar-refractivity contribution in [2.24, 2.45) is 0 Å². The first kappa shape index (κ1) is 47.2. The molecule has 0 aliphatic heterocycles. The van der Waals surface area contributed by atoms with E-state index in [2.05, 4.69) is 0 Å². The summed E-state index contributed by atoms with van der Waals surface area (Å²) in [5.41, 5.74) is 0. The monoisotopic (exact) mass is 556 g/mol. The van der Waals surface area contributed by atoms with Crippen molar-refractivity contribution in [2.75, 3.05) is 0 Å². The molecule has 0 aromatic carbocycles. The normalized spacial score (nSPS) is 8.47. The van der Waals surface area contributed by atoms with Crippen molar-refractivity contribution < 1.29 is 68.1 Å². The number of carboxylic acid groups (broad SMARTS) is 5. The molecule has 215 valence electrons. The van der Waals surface area contributed by atoms with Crippen LogP contribution in [-0.2, 0) is 42.5 Å². The molecule has 11 heteroatoms. The zero-order valence-corrected chi connectivity index (χ0v) is 24.0. The van der Waals surface area contributed by atoms with Crippen LogP contribution in [0.25, 0.3) is 0 Å². The van der Waals surface area contributed by atoms with Gasteiger partial charge in [0.2, 0.25) is 0 Å². The molecule has 0 saturated carbocycles. The maximum atomic E-state index is 9.65. The van der Waals surface area contributed by atoms with Gasteiger partial charge in [0, 0.05) is 48.4 Å². The molecule has 0 heterocycles. The molecule has 0 aliphatic carbocycles. The van der Waals surface area contributed by atoms with Crippen LogP contribution >= 0.6 is 0 Å². The first-order valence-corrected chi connectivity index (χ1v) is 12.3. The summed E-state index contributed by atoms with van der Waals surface area (Å²) in [6.07, 6.45) is 9.34. The summed E-state index contributed by atoms with van der Waals surface area (Å²) in [7, 11) is 0. The summed E-state index contributed by atoms with van der Waals surface area (Å²) in [5, 5.41) is 48.2. The second-order valence-electron chi connectivity index (χ2n) is 7.38. The summed E-state index contributed by atoms with van der Waals surface area (Å²) in [5.74, 6) is -4.71. The van der Waals surface area contributed by atoms with Gasteiger partial charge >= 0.3 is 0 Å². The van der Waals surface area contributed by atoms with Crippen LogP contribution in [0.15, 0.2) is 0 Å². The van der Waals surface area contributed by atoms with Crippen molar-refractivity contribution in [3.05, 3.63) is 0 Å². The second-order valence-corrected chi connectivity index (χ2v) is 7.38. The Morgan fingerprint density at radius 2 is 0.472 bits per heavy atom. The smallest absolute Gasteiger partial charge is 0.0414 e. The number of aliphatic carboxylic acids is 5. The fraction of sp³-hybridized carbons (Fsp3) is 0.800. The van der Waals surface area contributed by atoms with E-state index >= 15 is 0 Å². The molecule has 1 radical (unpaired) electrons. The molecular formula is C25H45O10V-5. The Labute approximate surface area is 228 Å². The first-order valence-electron chi connectivity index (χ1n) is 12.3. The first-order chi connectivity index (χ1) is 16.4. The number of hydrogen-bond donors (Lipinski definition) is 0. The molecule has 0 spiro atoms. The third kappa shape index (κ3) is 95.0. The van der Waals surface area contributed by atoms with Gasteiger partial charge in [0.15, 0.2) is 0 Å². The molecule has 0 rings (SSSR count). The Morgan fingerprint density at radius 3 is 0.500 bits per heavy atom. The Kier molecular flexibility index (Phi) is 56.4. The Morgan fingerprint density at radius 1 is 0.361 bits per heavy atom. The number of hydrogen-bond acceptors (Lipinski definition) is 10. The van der Waals surface area contributed by atoms with Crippen LogP contribution in [-0.4, -0.2) is 29.8 Å². The maximum Gasteiger partial charge on any atom is 0.0414 e. The van der Waals surface area contributed by atoms with E-state index in [4.69, 9.17) is 0 Å². The summed E-state index contributed by atoms with van der Waals surface area (Å²) in [6.45, 7) is 9.74. The van der Waals surface area contributed by atoms with Crippen molar-refractivity contribution in [1.29, 1.82) is 0 Å². The SMILES string of the molecule is CCCCC(=O)[O-].CCCCC(=O)[O-].CCCCC(=O)[O-].CCCCC(=O)[O-].CCCCC(=O)[O-].[V]. The number of carbonyl (C=O) groups excluding carboxylic acids is 5. The van der Waals surface area contributed by atoms with E-state index in [0.29, 0.717) is 0 Å². The third-order valence-corrected chi connectivity index (χ3v) is 3.67. The van der Waals surface area contributed by atoms with Gasteiger partial charge in [0.05, 0.1) is 0 Å². The molecule has 0 N–H and O–H groups in total. The van der Waals surface area contributed by atoms with Gasteiger partial charge in [-0.25, -0.2) is 0 Å². The van der Waals surface area contributed by atoms with Crippen molar-refractivity contribution in [1.82, 2.24) is 0 Å². The van der Waals surface area contributed by atoms with Gasteiger partial charge in [0.1, 0.15) is 0 Å². The summed E-state index contributed by atoms with van der Waals surface area (Å²) in [4.78, 5) is 48.2. The zero-order chi connectivity index (χ0) is 28.5. The topological polar surface area (TPSA) is 201 Å². The fourth-order valence-corrected chi connectivity index (χ4v) is 1.61. The molecule has 0 saturated heterocycles. The van der Waals surface area contributed by atoms with Crippen molar-refractivity contribution in [3.63, 3.8) is 0 Å². The van der Waals surface area contributed by atoms with Gasteiger partial charge < -0.3 is 49.5 Å². The van der Waals surface area contributed by atoms with Gasteiger partial charge in [-0.1, -0.05) is 66.7 Å². The van der Waals surface area contributed by atoms with Gasteiger partial charge in [0.25, 0.3) is 0 Å². The van der Waals surface area contributed by atoms with Crippen molar-refractivity contribution >= 4 is 29.8 Å². The number of carbonyl (C=O) groups is 5. The van der Waals surface area contributed by atoms with Crippen molar-refractivity contribution in [3.8, 4) is 0 Å². The van der Waals surface area contributed by atoms with Crippen LogP contribution in [0.4, 0.5) is 0 Å². The predicted molar refractivity (Wildman–Crippen MR) is 123 cm³/mol. The minimum atomic E-state index is -0.943. The van der Waals surface area contributed by atoms with Crippen LogP contribution in [0.2, 0.25) is 0 Å². The zero-order valence-electron chi connectivity index (χ0n) is 22.6. The standard InChI is InChI=1S/5C5H10O2.V/c5*1-2-3-4-5(6)7;/h5*2-4H2,1H3,(H,6,7);/p-5. The van der Waals surface area contributed by atoms with Crippen LogP contribution in [0, 0.1) is 0 Å². The molecular weight excluding hydrogens is 511 g/mol. The largest absolute Gasteiger partial charge is 0.550 e. The van der Waals surface area contributed by atoms with Crippen molar-refractivity contribution in [2.45, 2.75) is 131 Å². The Bertz CT molecular complexity index is 407. The number of rotatable bonds is 15. The van der Waals surface area contributed by atoms with Gasteiger partial charge in [-0.3, -0.25) is 0 Å². The average Bonchev–Trinajstić information content (AvgIpc) is 2.78. The molecule has 0 bridgehead atoms. The molecule has 0 atom stereocenters. The van der Waals surface area contributed by atoms with E-state index in [1.807, 2.05) is 34.6 Å². The minimum Gasteiger partial charge on any atom is -0.550 e. The molecule has 0 fully saturated rings. The minimum absolute atomic E-state index is 0. The van der Waals surface area contributed by atoms with Crippen LogP contribution in [0.3, 0.4) is 0 Å². The van der Waals surface area contributed by atoms with E-state index in [0.717, 1.165) is 64.2 Å². The maximum absolute atomic E-state index is 9.65. The summed E-state index contributed by atoms with van der Waals surface area (Å²) >= 11 is 0. The quantitative estimate of drug-likeness (QED) is 0.256. The average molecular weight is 557 g/mol. The molecule has 0 unspecified atom stereocenters. The van der Waals surface area contributed by atoms with E-state index in [-0.39, 0.29) is 50.7 Å². The van der Waals surface area contributed by atoms with E-state index in [1.54, 1.807) is 0 Å². The molecule has 0 aromatic rings. The van der Waals surface area contributed by atoms with Gasteiger partial charge in [-0.2, -0.15) is 0 Å². The summed E-state index contributed by atoms with van der Waals surface area (Å²) < 4.78 is 0. The Hall–Kier alpha value is -2.07. The Balaban J connectivity index is -0.0000000776. The molecule has 0 amide bonds. The molecule has 0 aromatic heterocycles. The second kappa shape index (κ2) is 43.0. The van der Waals surface area contributed by atoms with Crippen LogP contribution in [0.1, 0.15) is 131 Å². The molecule has 0 aliphatic rings. The van der Waals surface area contributed by atoms with E-state index in [9.17, 15) is 49.5 Å². The van der Waals surface area contributed by atoms with E-state index < -0.39 is 29.8 Å². The predicted octanol–water partition coefficient (Wildman–Crippen LogP) is -0.370. The fourth-order valence-electron chi connectivity index (χ4n) is 1.61. The van der Waals surface area contributed by atoms with Crippen LogP contribution in [0.5, 0.6) is 0 Å². The number of unbranched alkanes of at least 4 members (excludes halogenated alkanes) is 5. The molecule has 36 heavy (non-hydrogen) atoms. The van der Waals surface area contributed by atoms with Crippen LogP contribution < -0.4 is 25.5 Å². The summed E-state index contributed by atoms with van der Waals surface area (Å²) in [6, 6.07) is 0.